The number of carbonyl (C=O) groups is 2. The summed E-state index contributed by atoms with van der Waals surface area (Å²) in [4.78, 5) is 25.6. The number of carbonyl (C=O) groups excluding carboxylic acids is 2. The molecule has 0 heterocycles. The second-order valence-corrected chi connectivity index (χ2v) is 11.9. The number of ketones is 2. The van der Waals surface area contributed by atoms with Crippen molar-refractivity contribution in [1.29, 1.82) is 0 Å². The molecule has 3 saturated carbocycles. The Morgan fingerprint density at radius 3 is 2.39 bits per heavy atom. The number of ether oxygens (including phenoxy) is 3. The molecular weight excluding hydrogens is 464 g/mol. The molecule has 0 aliphatic heterocycles. The van der Waals surface area contributed by atoms with Gasteiger partial charge in [-0.3, -0.25) is 14.3 Å². The van der Waals surface area contributed by atoms with E-state index in [0.717, 1.165) is 24.8 Å². The Hall–Kier alpha value is -1.16. The Morgan fingerprint density at radius 1 is 1.08 bits per heavy atom. The van der Waals surface area contributed by atoms with E-state index in [0.29, 0.717) is 32.1 Å². The smallest absolute Gasteiger partial charge is 0.393 e. The molecule has 3 fully saturated rings. The van der Waals surface area contributed by atoms with Gasteiger partial charge >= 0.3 is 6.16 Å². The third kappa shape index (κ3) is 4.52. The number of fused-ring (bicyclic) bond motifs is 5. The van der Waals surface area contributed by atoms with Crippen LogP contribution in [0.4, 0.5) is 0 Å². The van der Waals surface area contributed by atoms with Crippen LogP contribution in [0.15, 0.2) is 11.6 Å². The Labute approximate surface area is 214 Å². The van der Waals surface area contributed by atoms with Crippen LogP contribution in [0.2, 0.25) is 0 Å². The summed E-state index contributed by atoms with van der Waals surface area (Å²) in [5.74, 6) is -0.116. The summed E-state index contributed by atoms with van der Waals surface area (Å²) in [5.41, 5.74) is -1.57. The zero-order chi connectivity index (χ0) is 26.4. The van der Waals surface area contributed by atoms with Gasteiger partial charge in [-0.25, -0.2) is 0 Å². The van der Waals surface area contributed by atoms with Gasteiger partial charge in [0.15, 0.2) is 11.6 Å². The van der Waals surface area contributed by atoms with Gasteiger partial charge in [0.25, 0.3) is 0 Å². The number of Topliss-reactive ketones (excluding diaryl/α,β-unsaturated/α-hetero) is 1. The maximum absolute atomic E-state index is 13.5. The minimum absolute atomic E-state index is 0.00681. The molecule has 7 atom stereocenters. The van der Waals surface area contributed by atoms with Gasteiger partial charge in [-0.2, -0.15) is 0 Å². The molecule has 0 aromatic heterocycles. The molecule has 0 bridgehead atoms. The highest BCUT2D eigenvalue weighted by Crippen LogP contribution is 2.67. The third-order valence-electron chi connectivity index (χ3n) is 9.87. The van der Waals surface area contributed by atoms with E-state index in [9.17, 15) is 24.9 Å². The largest absolute Gasteiger partial charge is 0.410 e. The molecule has 0 unspecified atom stereocenters. The lowest BCUT2D eigenvalue weighted by Gasteiger charge is -2.60. The molecule has 4 aliphatic rings. The fraction of sp³-hybridized carbons (Fsp3) is 0.857. The summed E-state index contributed by atoms with van der Waals surface area (Å²) < 4.78 is 16.1. The lowest BCUT2D eigenvalue weighted by atomic mass is 9.45. The second-order valence-electron chi connectivity index (χ2n) is 11.9. The van der Waals surface area contributed by atoms with Crippen LogP contribution in [0.25, 0.3) is 0 Å². The van der Waals surface area contributed by atoms with Crippen molar-refractivity contribution in [1.82, 2.24) is 0 Å². The van der Waals surface area contributed by atoms with Crippen LogP contribution >= 0.6 is 0 Å². The first-order chi connectivity index (χ1) is 16.9. The number of aliphatic hydroxyl groups is 3. The first-order valence-electron chi connectivity index (χ1n) is 13.8. The molecule has 204 valence electrons. The van der Waals surface area contributed by atoms with Crippen molar-refractivity contribution < 1.29 is 39.1 Å². The van der Waals surface area contributed by atoms with Gasteiger partial charge in [-0.05, 0) is 80.6 Å². The normalized spacial score (nSPS) is 40.3. The maximum atomic E-state index is 13.5. The summed E-state index contributed by atoms with van der Waals surface area (Å²) in [5, 5.41) is 34.0. The van der Waals surface area contributed by atoms with Crippen LogP contribution < -0.4 is 0 Å². The summed E-state index contributed by atoms with van der Waals surface area (Å²) in [7, 11) is 0. The van der Waals surface area contributed by atoms with E-state index in [-0.39, 0.29) is 48.6 Å². The SMILES string of the molecule is CCCOC(O)(OCCC)OCC(=O)[C@@]1(O)CC[C@H]2[C@@H]3CCC4=CC(=O)CC[C@]4(C)[C@H]3[C@@H](O)C[C@@]21C. The Kier molecular flexibility index (Phi) is 7.89. The van der Waals surface area contributed by atoms with Crippen LogP contribution in [0.5, 0.6) is 0 Å². The van der Waals surface area contributed by atoms with Crippen molar-refractivity contribution in [3.05, 3.63) is 11.6 Å². The number of allylic oxidation sites excluding steroid dienone is 1. The molecule has 0 spiro atoms. The van der Waals surface area contributed by atoms with E-state index < -0.39 is 35.7 Å². The zero-order valence-corrected chi connectivity index (χ0v) is 22.3. The summed E-state index contributed by atoms with van der Waals surface area (Å²) in [6.07, 6.45) is 4.20. The first-order valence-corrected chi connectivity index (χ1v) is 13.8. The molecule has 0 amide bonds. The summed E-state index contributed by atoms with van der Waals surface area (Å²) in [6.45, 7) is 7.69. The van der Waals surface area contributed by atoms with Crippen molar-refractivity contribution in [2.75, 3.05) is 19.8 Å². The molecule has 0 aromatic rings. The lowest BCUT2D eigenvalue weighted by Crippen LogP contribution is -2.62. The molecule has 4 rings (SSSR count). The van der Waals surface area contributed by atoms with E-state index in [4.69, 9.17) is 14.2 Å². The van der Waals surface area contributed by atoms with Gasteiger partial charge in [-0.15, -0.1) is 0 Å². The van der Waals surface area contributed by atoms with Crippen LogP contribution in [-0.4, -0.2) is 64.6 Å². The standard InChI is InChI=1S/C28H44O8/c1-5-13-34-28(33,35-14-6-2)36-17-23(31)27(32)12-10-21-20-8-7-18-15-19(29)9-11-25(18,3)24(20)22(30)16-26(21,27)4/h15,20-22,24,30,32-33H,5-14,16-17H2,1-4H3/t20-,21-,22-,24+,25-,26-,27-/m0/s1. The number of rotatable bonds is 10. The predicted octanol–water partition coefficient (Wildman–Crippen LogP) is 3.26. The third-order valence-corrected chi connectivity index (χ3v) is 9.87. The quantitative estimate of drug-likeness (QED) is 0.384. The Morgan fingerprint density at radius 2 is 1.75 bits per heavy atom. The molecule has 3 N–H and O–H groups in total. The highest BCUT2D eigenvalue weighted by atomic mass is 17.0. The van der Waals surface area contributed by atoms with Gasteiger partial charge in [-0.1, -0.05) is 33.3 Å². The van der Waals surface area contributed by atoms with Gasteiger partial charge in [0.1, 0.15) is 12.2 Å². The second kappa shape index (κ2) is 10.2. The topological polar surface area (TPSA) is 123 Å². The number of hydrogen-bond acceptors (Lipinski definition) is 8. The average molecular weight is 509 g/mol. The minimum atomic E-state index is -2.34. The molecular formula is C28H44O8. The fourth-order valence-electron chi connectivity index (χ4n) is 8.01. The van der Waals surface area contributed by atoms with Crippen LogP contribution in [0.3, 0.4) is 0 Å². The highest BCUT2D eigenvalue weighted by Gasteiger charge is 2.68. The molecule has 0 radical (unpaired) electrons. The molecule has 0 aromatic carbocycles. The number of aliphatic hydroxyl groups excluding tert-OH is 1. The summed E-state index contributed by atoms with van der Waals surface area (Å²) in [6, 6.07) is 0. The monoisotopic (exact) mass is 508 g/mol. The van der Waals surface area contributed by atoms with Crippen molar-refractivity contribution in [2.45, 2.75) is 103 Å². The minimum Gasteiger partial charge on any atom is -0.393 e. The molecule has 8 nitrogen and oxygen atoms in total. The van der Waals surface area contributed by atoms with E-state index >= 15 is 0 Å². The molecule has 0 saturated heterocycles. The molecule has 8 heteroatoms. The van der Waals surface area contributed by atoms with E-state index in [1.807, 2.05) is 20.8 Å². The zero-order valence-electron chi connectivity index (χ0n) is 22.3. The van der Waals surface area contributed by atoms with E-state index in [1.165, 1.54) is 0 Å². The summed E-state index contributed by atoms with van der Waals surface area (Å²) >= 11 is 0. The van der Waals surface area contributed by atoms with Gasteiger partial charge in [0, 0.05) is 11.8 Å². The number of hydrogen-bond donors (Lipinski definition) is 3. The van der Waals surface area contributed by atoms with Crippen molar-refractivity contribution in [3.8, 4) is 0 Å². The van der Waals surface area contributed by atoms with Crippen LogP contribution in [-0.2, 0) is 23.8 Å². The first kappa shape index (κ1) is 27.9. The Balaban J connectivity index is 1.53. The van der Waals surface area contributed by atoms with Gasteiger partial charge in [0.05, 0.1) is 19.3 Å². The van der Waals surface area contributed by atoms with Crippen molar-refractivity contribution in [2.24, 2.45) is 28.6 Å². The Bertz CT molecular complexity index is 877. The average Bonchev–Trinajstić information content (AvgIpc) is 3.11. The van der Waals surface area contributed by atoms with Gasteiger partial charge < -0.3 is 24.8 Å². The van der Waals surface area contributed by atoms with Crippen molar-refractivity contribution in [3.63, 3.8) is 0 Å². The van der Waals surface area contributed by atoms with Crippen LogP contribution in [0.1, 0.15) is 85.5 Å². The fourth-order valence-corrected chi connectivity index (χ4v) is 8.01. The molecule has 36 heavy (non-hydrogen) atoms. The lowest BCUT2D eigenvalue weighted by molar-refractivity contribution is -0.483. The van der Waals surface area contributed by atoms with E-state index in [1.54, 1.807) is 6.08 Å². The van der Waals surface area contributed by atoms with E-state index in [2.05, 4.69) is 6.92 Å². The van der Waals surface area contributed by atoms with Crippen LogP contribution in [0, 0.1) is 28.6 Å². The molecule has 4 aliphatic carbocycles. The highest BCUT2D eigenvalue weighted by molar-refractivity contribution is 5.92. The predicted molar refractivity (Wildman–Crippen MR) is 131 cm³/mol. The maximum Gasteiger partial charge on any atom is 0.410 e. The van der Waals surface area contributed by atoms with Gasteiger partial charge in [0.2, 0.25) is 0 Å². The van der Waals surface area contributed by atoms with Crippen molar-refractivity contribution >= 4 is 11.6 Å².